The standard InChI is InChI=1S/C34H46N2O3/c1-3-33(32(38)39)20-5-4-10-30(33)35-31(37)34(21-6-7-22-34)29-17-15-28(16-18-29)27-13-11-26(12-14-27)19-24-36-23-8-9-25(36)2/h11-18,25,30H,3-10,19-24H2,1-2H3,(H,35,37)(H,38,39)/t25?,30-,33-/m1/s1. The Balaban J connectivity index is 1.29. The lowest BCUT2D eigenvalue weighted by atomic mass is 9.67. The summed E-state index contributed by atoms with van der Waals surface area (Å²) in [5.74, 6) is -0.744. The van der Waals surface area contributed by atoms with Crippen molar-refractivity contribution in [3.05, 3.63) is 59.7 Å². The van der Waals surface area contributed by atoms with Crippen molar-refractivity contribution in [3.63, 3.8) is 0 Å². The predicted octanol–water partition coefficient (Wildman–Crippen LogP) is 6.73. The van der Waals surface area contributed by atoms with Gasteiger partial charge in [-0.3, -0.25) is 9.59 Å². The van der Waals surface area contributed by atoms with Crippen LogP contribution in [0.3, 0.4) is 0 Å². The number of likely N-dealkylation sites (tertiary alicyclic amines) is 1. The summed E-state index contributed by atoms with van der Waals surface area (Å²) < 4.78 is 0. The van der Waals surface area contributed by atoms with Crippen molar-refractivity contribution in [3.8, 4) is 11.1 Å². The summed E-state index contributed by atoms with van der Waals surface area (Å²) in [5, 5.41) is 13.4. The van der Waals surface area contributed by atoms with Crippen molar-refractivity contribution in [2.24, 2.45) is 5.41 Å². The van der Waals surface area contributed by atoms with Gasteiger partial charge in [-0.15, -0.1) is 0 Å². The minimum Gasteiger partial charge on any atom is -0.481 e. The quantitative estimate of drug-likeness (QED) is 0.377. The molecule has 5 nitrogen and oxygen atoms in total. The van der Waals surface area contributed by atoms with Crippen LogP contribution in [0.25, 0.3) is 11.1 Å². The average molecular weight is 531 g/mol. The molecular formula is C34H46N2O3. The predicted molar refractivity (Wildman–Crippen MR) is 157 cm³/mol. The Morgan fingerprint density at radius 2 is 1.54 bits per heavy atom. The van der Waals surface area contributed by atoms with Gasteiger partial charge in [-0.25, -0.2) is 0 Å². The first-order valence-electron chi connectivity index (χ1n) is 15.4. The highest BCUT2D eigenvalue weighted by molar-refractivity contribution is 5.90. The van der Waals surface area contributed by atoms with Crippen LogP contribution in [-0.2, 0) is 21.4 Å². The summed E-state index contributed by atoms with van der Waals surface area (Å²) in [7, 11) is 0. The lowest BCUT2D eigenvalue weighted by Crippen LogP contribution is -2.57. The van der Waals surface area contributed by atoms with Crippen LogP contribution in [0.15, 0.2) is 48.5 Å². The topological polar surface area (TPSA) is 69.6 Å². The van der Waals surface area contributed by atoms with E-state index in [0.717, 1.165) is 69.0 Å². The van der Waals surface area contributed by atoms with E-state index in [9.17, 15) is 14.7 Å². The number of nitrogens with zero attached hydrogens (tertiary/aromatic N) is 1. The SMILES string of the molecule is CC[C@@]1(C(=O)O)CCCC[C@H]1NC(=O)C1(c2ccc(-c3ccc(CCN4CCCC4C)cc3)cc2)CCCC1. The Labute approximate surface area is 234 Å². The Morgan fingerprint density at radius 1 is 0.897 bits per heavy atom. The molecule has 39 heavy (non-hydrogen) atoms. The van der Waals surface area contributed by atoms with E-state index < -0.39 is 16.8 Å². The molecule has 1 aliphatic heterocycles. The molecule has 2 aliphatic carbocycles. The fraction of sp³-hybridized carbons (Fsp3) is 0.588. The van der Waals surface area contributed by atoms with Crippen molar-refractivity contribution in [1.82, 2.24) is 10.2 Å². The van der Waals surface area contributed by atoms with Crippen LogP contribution in [0.2, 0.25) is 0 Å². The molecule has 1 unspecified atom stereocenters. The molecule has 3 aliphatic rings. The first kappa shape index (κ1) is 27.9. The molecule has 0 bridgehead atoms. The molecule has 3 fully saturated rings. The Bertz CT molecular complexity index is 1140. The molecule has 210 valence electrons. The maximum Gasteiger partial charge on any atom is 0.311 e. The molecule has 1 amide bonds. The maximum absolute atomic E-state index is 13.9. The lowest BCUT2D eigenvalue weighted by molar-refractivity contribution is -0.154. The van der Waals surface area contributed by atoms with Gasteiger partial charge in [0.25, 0.3) is 0 Å². The molecule has 0 radical (unpaired) electrons. The molecule has 1 saturated heterocycles. The number of nitrogens with one attached hydrogen (secondary N) is 1. The molecule has 5 rings (SSSR count). The summed E-state index contributed by atoms with van der Waals surface area (Å²) >= 11 is 0. The summed E-state index contributed by atoms with van der Waals surface area (Å²) in [6.07, 6.45) is 11.2. The van der Waals surface area contributed by atoms with Gasteiger partial charge < -0.3 is 15.3 Å². The van der Waals surface area contributed by atoms with Crippen LogP contribution >= 0.6 is 0 Å². The van der Waals surface area contributed by atoms with Gasteiger partial charge in [0.2, 0.25) is 5.91 Å². The molecule has 2 aromatic carbocycles. The zero-order valence-corrected chi connectivity index (χ0v) is 23.9. The summed E-state index contributed by atoms with van der Waals surface area (Å²) in [5.41, 5.74) is 3.38. The second-order valence-corrected chi connectivity index (χ2v) is 12.4. The van der Waals surface area contributed by atoms with E-state index in [1.54, 1.807) is 0 Å². The van der Waals surface area contributed by atoms with Crippen LogP contribution in [0, 0.1) is 5.41 Å². The second kappa shape index (κ2) is 11.8. The van der Waals surface area contributed by atoms with Crippen molar-refractivity contribution in [1.29, 1.82) is 0 Å². The highest BCUT2D eigenvalue weighted by Crippen LogP contribution is 2.44. The lowest BCUT2D eigenvalue weighted by Gasteiger charge is -2.42. The Kier molecular flexibility index (Phi) is 8.46. The molecule has 0 aromatic heterocycles. The van der Waals surface area contributed by atoms with Crippen LogP contribution in [0.4, 0.5) is 0 Å². The number of carbonyl (C=O) groups excluding carboxylic acids is 1. The van der Waals surface area contributed by atoms with Gasteiger partial charge in [0.15, 0.2) is 0 Å². The normalized spacial score (nSPS) is 26.9. The van der Waals surface area contributed by atoms with E-state index >= 15 is 0 Å². The minimum absolute atomic E-state index is 0.0235. The molecule has 2 aromatic rings. The smallest absolute Gasteiger partial charge is 0.311 e. The van der Waals surface area contributed by atoms with Crippen molar-refractivity contribution >= 4 is 11.9 Å². The summed E-state index contributed by atoms with van der Waals surface area (Å²) in [6, 6.07) is 17.9. The third kappa shape index (κ3) is 5.52. The first-order chi connectivity index (χ1) is 18.9. The first-order valence-corrected chi connectivity index (χ1v) is 15.4. The van der Waals surface area contributed by atoms with Gasteiger partial charge in [0, 0.05) is 18.6 Å². The van der Waals surface area contributed by atoms with Crippen molar-refractivity contribution in [2.45, 2.75) is 108 Å². The zero-order valence-electron chi connectivity index (χ0n) is 23.9. The van der Waals surface area contributed by atoms with E-state index in [0.29, 0.717) is 18.9 Å². The number of hydrogen-bond donors (Lipinski definition) is 2. The second-order valence-electron chi connectivity index (χ2n) is 12.4. The Hall–Kier alpha value is -2.66. The zero-order chi connectivity index (χ0) is 27.5. The number of rotatable bonds is 9. The van der Waals surface area contributed by atoms with E-state index in [2.05, 4.69) is 65.7 Å². The minimum atomic E-state index is -0.851. The molecule has 0 spiro atoms. The van der Waals surface area contributed by atoms with Gasteiger partial charge in [0.05, 0.1) is 10.8 Å². The summed E-state index contributed by atoms with van der Waals surface area (Å²) in [4.78, 5) is 28.8. The monoisotopic (exact) mass is 530 g/mol. The fourth-order valence-corrected chi connectivity index (χ4v) is 7.65. The largest absolute Gasteiger partial charge is 0.481 e. The van der Waals surface area contributed by atoms with Crippen molar-refractivity contribution < 1.29 is 14.7 Å². The number of aliphatic carboxylic acids is 1. The highest BCUT2D eigenvalue weighted by atomic mass is 16.4. The number of benzene rings is 2. The third-order valence-electron chi connectivity index (χ3n) is 10.4. The Morgan fingerprint density at radius 3 is 2.13 bits per heavy atom. The van der Waals surface area contributed by atoms with Crippen LogP contribution in [0.5, 0.6) is 0 Å². The van der Waals surface area contributed by atoms with E-state index in [-0.39, 0.29) is 11.9 Å². The van der Waals surface area contributed by atoms with Gasteiger partial charge in [-0.1, -0.05) is 81.1 Å². The van der Waals surface area contributed by atoms with Gasteiger partial charge in [-0.05, 0) is 87.1 Å². The number of carbonyl (C=O) groups is 2. The number of hydrogen-bond acceptors (Lipinski definition) is 3. The molecule has 3 atom stereocenters. The number of carboxylic acids is 1. The van der Waals surface area contributed by atoms with E-state index in [4.69, 9.17) is 0 Å². The molecule has 2 N–H and O–H groups in total. The van der Waals surface area contributed by atoms with Crippen LogP contribution in [0.1, 0.15) is 95.6 Å². The third-order valence-corrected chi connectivity index (χ3v) is 10.4. The molecular weight excluding hydrogens is 484 g/mol. The van der Waals surface area contributed by atoms with Crippen LogP contribution < -0.4 is 5.32 Å². The number of carboxylic acid groups (broad SMARTS) is 1. The van der Waals surface area contributed by atoms with E-state index in [1.165, 1.54) is 30.5 Å². The van der Waals surface area contributed by atoms with Gasteiger partial charge >= 0.3 is 5.97 Å². The van der Waals surface area contributed by atoms with E-state index in [1.807, 2.05) is 6.92 Å². The number of amides is 1. The van der Waals surface area contributed by atoms with Crippen LogP contribution in [-0.4, -0.2) is 47.1 Å². The maximum atomic E-state index is 13.9. The average Bonchev–Trinajstić information content (AvgIpc) is 3.62. The summed E-state index contributed by atoms with van der Waals surface area (Å²) in [6.45, 7) is 6.64. The molecule has 1 heterocycles. The molecule has 2 saturated carbocycles. The fourth-order valence-electron chi connectivity index (χ4n) is 7.65. The van der Waals surface area contributed by atoms with Gasteiger partial charge in [-0.2, -0.15) is 0 Å². The highest BCUT2D eigenvalue weighted by Gasteiger charge is 2.50. The molecule has 5 heteroatoms. The van der Waals surface area contributed by atoms with Gasteiger partial charge in [0.1, 0.15) is 0 Å². The van der Waals surface area contributed by atoms with Crippen molar-refractivity contribution in [2.75, 3.05) is 13.1 Å².